The van der Waals surface area contributed by atoms with Crippen molar-refractivity contribution in [3.63, 3.8) is 0 Å². The van der Waals surface area contributed by atoms with Gasteiger partial charge in [0.2, 0.25) is 5.91 Å². The van der Waals surface area contributed by atoms with Crippen molar-refractivity contribution in [2.45, 2.75) is 32.6 Å². The molecule has 1 unspecified atom stereocenters. The Hall–Kier alpha value is -3.13. The largest absolute Gasteiger partial charge is 0.368 e. The molecule has 1 aliphatic heterocycles. The number of benzene rings is 1. The number of pyridine rings is 1. The Bertz CT molecular complexity index is 987. The number of aromatic nitrogens is 4. The van der Waals surface area contributed by atoms with Gasteiger partial charge in [-0.3, -0.25) is 9.78 Å². The minimum atomic E-state index is -0.423. The molecule has 0 saturated heterocycles. The van der Waals surface area contributed by atoms with Gasteiger partial charge in [0.25, 0.3) is 0 Å². The lowest BCUT2D eigenvalue weighted by atomic mass is 10.1. The molecular weight excluding hydrogens is 361 g/mol. The maximum Gasteiger partial charge on any atom is 0.226 e. The molecule has 2 aromatic heterocycles. The van der Waals surface area contributed by atoms with Crippen LogP contribution in [0.1, 0.15) is 17.0 Å². The minimum absolute atomic E-state index is 0.0963. The maximum absolute atomic E-state index is 12.9. The van der Waals surface area contributed by atoms with Crippen LogP contribution in [0.5, 0.6) is 0 Å². The molecule has 8 heteroatoms. The lowest BCUT2D eigenvalue weighted by Gasteiger charge is -2.24. The van der Waals surface area contributed by atoms with E-state index in [0.717, 1.165) is 28.7 Å². The van der Waals surface area contributed by atoms with Crippen molar-refractivity contribution in [2.75, 3.05) is 6.54 Å². The second-order valence-electron chi connectivity index (χ2n) is 6.82. The molecule has 1 N–H and O–H groups in total. The number of carbonyl (C=O) groups excluding carboxylic acids is 1. The summed E-state index contributed by atoms with van der Waals surface area (Å²) in [6.07, 6.45) is 1.01. The predicted octanol–water partition coefficient (Wildman–Crippen LogP) is 2.05. The normalized spacial score (nSPS) is 15.9. The van der Waals surface area contributed by atoms with Crippen molar-refractivity contribution in [3.05, 3.63) is 65.4 Å². The van der Waals surface area contributed by atoms with Crippen LogP contribution in [0.15, 0.2) is 42.6 Å². The number of hydrogen-bond acceptors (Lipinski definition) is 5. The first-order chi connectivity index (χ1) is 13.6. The summed E-state index contributed by atoms with van der Waals surface area (Å²) in [7, 11) is 0. The summed E-state index contributed by atoms with van der Waals surface area (Å²) < 4.78 is 20.6. The number of ether oxygens (including phenoxy) is 1. The number of nitrogens with zero attached hydrogens (tertiary/aromatic N) is 4. The first-order valence-electron chi connectivity index (χ1n) is 9.06. The zero-order valence-electron chi connectivity index (χ0n) is 15.4. The molecule has 1 aliphatic rings. The Kier molecular flexibility index (Phi) is 5.12. The van der Waals surface area contributed by atoms with Gasteiger partial charge in [0.05, 0.1) is 37.6 Å². The Morgan fingerprint density at radius 1 is 1.36 bits per heavy atom. The van der Waals surface area contributed by atoms with Gasteiger partial charge in [0, 0.05) is 17.8 Å². The molecule has 0 aliphatic carbocycles. The van der Waals surface area contributed by atoms with E-state index in [9.17, 15) is 9.18 Å². The summed E-state index contributed by atoms with van der Waals surface area (Å²) in [6, 6.07) is 10.9. The van der Waals surface area contributed by atoms with E-state index in [0.29, 0.717) is 25.4 Å². The summed E-state index contributed by atoms with van der Waals surface area (Å²) in [5.74, 6) is -0.610. The Balaban J connectivity index is 1.34. The number of aryl methyl sites for hydroxylation is 1. The molecule has 0 bridgehead atoms. The number of fused-ring (bicyclic) bond motifs is 1. The number of nitrogens with one attached hydrogen (secondary N) is 1. The minimum Gasteiger partial charge on any atom is -0.368 e. The summed E-state index contributed by atoms with van der Waals surface area (Å²) in [6.45, 7) is 3.30. The lowest BCUT2D eigenvalue weighted by molar-refractivity contribution is -0.121. The van der Waals surface area contributed by atoms with Crippen LogP contribution in [0.4, 0.5) is 4.39 Å². The zero-order valence-corrected chi connectivity index (χ0v) is 15.4. The van der Waals surface area contributed by atoms with Crippen molar-refractivity contribution in [1.29, 1.82) is 0 Å². The molecule has 7 nitrogen and oxygen atoms in total. The molecule has 0 fully saturated rings. The van der Waals surface area contributed by atoms with E-state index in [2.05, 4.69) is 26.7 Å². The van der Waals surface area contributed by atoms with Gasteiger partial charge in [0.15, 0.2) is 0 Å². The molecule has 3 heterocycles. The number of hydrogen-bond donors (Lipinski definition) is 1. The fourth-order valence-corrected chi connectivity index (χ4v) is 3.17. The Labute approximate surface area is 161 Å². The number of amides is 1. The third-order valence-electron chi connectivity index (χ3n) is 4.62. The van der Waals surface area contributed by atoms with Gasteiger partial charge < -0.3 is 10.1 Å². The average molecular weight is 381 g/mol. The second kappa shape index (κ2) is 7.85. The van der Waals surface area contributed by atoms with Gasteiger partial charge >= 0.3 is 0 Å². The Morgan fingerprint density at radius 2 is 2.25 bits per heavy atom. The van der Waals surface area contributed by atoms with Crippen molar-refractivity contribution in [2.24, 2.45) is 0 Å². The monoisotopic (exact) mass is 381 g/mol. The highest BCUT2D eigenvalue weighted by Crippen LogP contribution is 2.25. The molecule has 3 aromatic rings. The number of rotatable bonds is 5. The molecule has 0 saturated carbocycles. The second-order valence-corrected chi connectivity index (χ2v) is 6.82. The van der Waals surface area contributed by atoms with Crippen LogP contribution >= 0.6 is 0 Å². The van der Waals surface area contributed by atoms with Crippen LogP contribution in [-0.2, 0) is 29.1 Å². The summed E-state index contributed by atoms with van der Waals surface area (Å²) in [5.41, 5.74) is 4.46. The van der Waals surface area contributed by atoms with Crippen LogP contribution in [0.2, 0.25) is 0 Å². The fourth-order valence-electron chi connectivity index (χ4n) is 3.17. The maximum atomic E-state index is 12.9. The van der Waals surface area contributed by atoms with Crippen molar-refractivity contribution in [3.8, 4) is 11.3 Å². The first kappa shape index (κ1) is 18.2. The van der Waals surface area contributed by atoms with Crippen LogP contribution in [0, 0.1) is 12.7 Å². The van der Waals surface area contributed by atoms with E-state index < -0.39 is 5.82 Å². The van der Waals surface area contributed by atoms with Crippen LogP contribution in [0.25, 0.3) is 11.3 Å². The van der Waals surface area contributed by atoms with E-state index >= 15 is 0 Å². The molecule has 4 rings (SSSR count). The molecule has 0 spiro atoms. The lowest BCUT2D eigenvalue weighted by Crippen LogP contribution is -2.39. The Morgan fingerprint density at radius 3 is 3.04 bits per heavy atom. The van der Waals surface area contributed by atoms with Crippen molar-refractivity contribution >= 4 is 5.91 Å². The molecule has 1 atom stereocenters. The smallest absolute Gasteiger partial charge is 0.226 e. The highest BCUT2D eigenvalue weighted by molar-refractivity contribution is 5.78. The van der Waals surface area contributed by atoms with Gasteiger partial charge in [0.1, 0.15) is 11.5 Å². The van der Waals surface area contributed by atoms with Gasteiger partial charge in [-0.1, -0.05) is 29.0 Å². The number of carbonyl (C=O) groups is 1. The highest BCUT2D eigenvalue weighted by Gasteiger charge is 2.24. The third kappa shape index (κ3) is 4.07. The summed E-state index contributed by atoms with van der Waals surface area (Å²) in [4.78, 5) is 16.0. The van der Waals surface area contributed by atoms with Crippen LogP contribution in [0.3, 0.4) is 0 Å². The van der Waals surface area contributed by atoms with Crippen molar-refractivity contribution < 1.29 is 13.9 Å². The third-order valence-corrected chi connectivity index (χ3v) is 4.62. The van der Waals surface area contributed by atoms with Gasteiger partial charge in [-0.05, 0) is 25.1 Å². The van der Waals surface area contributed by atoms with E-state index in [1.807, 2.05) is 29.8 Å². The standard InChI is InChI=1S/C20H20FN5O2/c1-13-3-2-4-14(7-13)20-18-12-28-17(11-26(18)25-24-20)10-23-19(27)8-16-6-5-15(21)9-22-16/h2-7,9,17H,8,10-12H2,1H3,(H,23,27). The molecule has 1 aromatic carbocycles. The molecular formula is C20H20FN5O2. The van der Waals surface area contributed by atoms with E-state index in [1.165, 1.54) is 12.1 Å². The fraction of sp³-hybridized carbons (Fsp3) is 0.300. The summed E-state index contributed by atoms with van der Waals surface area (Å²) >= 11 is 0. The van der Waals surface area contributed by atoms with Crippen LogP contribution in [-0.4, -0.2) is 38.5 Å². The topological polar surface area (TPSA) is 81.9 Å². The van der Waals surface area contributed by atoms with Crippen LogP contribution < -0.4 is 5.32 Å². The van der Waals surface area contributed by atoms with E-state index in [-0.39, 0.29) is 18.4 Å². The molecule has 1 amide bonds. The zero-order chi connectivity index (χ0) is 19.5. The predicted molar refractivity (Wildman–Crippen MR) is 99.7 cm³/mol. The average Bonchev–Trinajstić information content (AvgIpc) is 3.11. The first-order valence-corrected chi connectivity index (χ1v) is 9.06. The summed E-state index contributed by atoms with van der Waals surface area (Å²) in [5, 5.41) is 11.4. The van der Waals surface area contributed by atoms with Gasteiger partial charge in [-0.25, -0.2) is 9.07 Å². The quantitative estimate of drug-likeness (QED) is 0.731. The molecule has 144 valence electrons. The highest BCUT2D eigenvalue weighted by atomic mass is 19.1. The molecule has 0 radical (unpaired) electrons. The van der Waals surface area contributed by atoms with Gasteiger partial charge in [-0.2, -0.15) is 0 Å². The molecule has 28 heavy (non-hydrogen) atoms. The SMILES string of the molecule is Cc1cccc(-c2nnn3c2COC(CNC(=O)Cc2ccc(F)cn2)C3)c1. The number of halogens is 1. The van der Waals surface area contributed by atoms with E-state index in [4.69, 9.17) is 4.74 Å². The van der Waals surface area contributed by atoms with E-state index in [1.54, 1.807) is 0 Å². The van der Waals surface area contributed by atoms with Crippen molar-refractivity contribution in [1.82, 2.24) is 25.3 Å². The van der Waals surface area contributed by atoms with Gasteiger partial charge in [-0.15, -0.1) is 5.10 Å².